The quantitative estimate of drug-likeness (QED) is 0.168. The highest BCUT2D eigenvalue weighted by molar-refractivity contribution is 9.10. The lowest BCUT2D eigenvalue weighted by Crippen LogP contribution is -2.14. The first-order valence-corrected chi connectivity index (χ1v) is 13.3. The molecule has 2 aromatic carbocycles. The predicted octanol–water partition coefficient (Wildman–Crippen LogP) is 10.8. The first-order chi connectivity index (χ1) is 17.0. The number of rotatable bonds is 5. The molecule has 0 aliphatic heterocycles. The Kier molecular flexibility index (Phi) is 14.2. The van der Waals surface area contributed by atoms with E-state index in [4.69, 9.17) is 18.9 Å². The average molecular weight is 572 g/mol. The second kappa shape index (κ2) is 15.4. The lowest BCUT2D eigenvalue weighted by atomic mass is 9.91. The topological polar surface area (TPSA) is 73.4 Å². The zero-order valence-corrected chi connectivity index (χ0v) is 25.8. The van der Waals surface area contributed by atoms with Crippen LogP contribution in [0.3, 0.4) is 0 Å². The fourth-order valence-corrected chi connectivity index (χ4v) is 4.90. The minimum atomic E-state index is -0.429. The number of anilines is 1. The molecule has 0 amide bonds. The highest BCUT2D eigenvalue weighted by Gasteiger charge is 2.16. The van der Waals surface area contributed by atoms with Gasteiger partial charge in [0.1, 0.15) is 5.60 Å². The van der Waals surface area contributed by atoms with Crippen LogP contribution in [0.2, 0.25) is 0 Å². The fraction of sp³-hybridized carbons (Fsp3) is 0.533. The molecular weight excluding hydrogens is 528 g/mol. The highest BCUT2D eigenvalue weighted by Crippen LogP contribution is 2.39. The van der Waals surface area contributed by atoms with Crippen molar-refractivity contribution in [2.75, 3.05) is 5.73 Å². The van der Waals surface area contributed by atoms with Crippen molar-refractivity contribution in [1.82, 2.24) is 0 Å². The number of nitrogens with zero attached hydrogens (tertiary/aromatic N) is 3. The summed E-state index contributed by atoms with van der Waals surface area (Å²) in [7, 11) is 0. The van der Waals surface area contributed by atoms with Crippen LogP contribution < -0.4 is 5.73 Å². The van der Waals surface area contributed by atoms with Gasteiger partial charge in [-0.3, -0.25) is 0 Å². The Hall–Kier alpha value is -2.90. The Balaban J connectivity index is 0.000000563. The SMILES string of the molecule is CC(C)(C)ON=O.[C-]#[N+]c1ccc(C(C)C)c(Br)c1C(C)C.[C-]#[N+]c1ccc(C(C)C)c(N)c1C(C)C. The molecular formula is C30H43BrN4O2. The van der Waals surface area contributed by atoms with Crippen LogP contribution >= 0.6 is 15.9 Å². The molecule has 6 nitrogen and oxygen atoms in total. The van der Waals surface area contributed by atoms with Crippen LogP contribution in [0.1, 0.15) is 122 Å². The van der Waals surface area contributed by atoms with Crippen LogP contribution in [0.25, 0.3) is 9.69 Å². The first kappa shape index (κ1) is 34.1. The zero-order chi connectivity index (χ0) is 29.1. The maximum absolute atomic E-state index is 9.35. The van der Waals surface area contributed by atoms with E-state index in [9.17, 15) is 4.91 Å². The van der Waals surface area contributed by atoms with Crippen LogP contribution in [0, 0.1) is 18.1 Å². The van der Waals surface area contributed by atoms with Crippen molar-refractivity contribution >= 4 is 33.0 Å². The Morgan fingerprint density at radius 2 is 1.19 bits per heavy atom. The minimum Gasteiger partial charge on any atom is -0.399 e. The molecule has 0 atom stereocenters. The van der Waals surface area contributed by atoms with Gasteiger partial charge in [0.05, 0.1) is 13.1 Å². The third kappa shape index (κ3) is 10.5. The second-order valence-corrected chi connectivity index (χ2v) is 11.8. The Morgan fingerprint density at radius 1 is 0.784 bits per heavy atom. The summed E-state index contributed by atoms with van der Waals surface area (Å²) < 4.78 is 1.11. The number of hydrogen-bond acceptors (Lipinski definition) is 4. The van der Waals surface area contributed by atoms with Gasteiger partial charge in [-0.25, -0.2) is 9.69 Å². The molecule has 0 radical (unpaired) electrons. The molecule has 0 saturated carbocycles. The van der Waals surface area contributed by atoms with Crippen LogP contribution in [0.5, 0.6) is 0 Å². The van der Waals surface area contributed by atoms with Crippen LogP contribution in [0.15, 0.2) is 34.1 Å². The third-order valence-corrected chi connectivity index (χ3v) is 6.32. The van der Waals surface area contributed by atoms with Gasteiger partial charge in [-0.2, -0.15) is 0 Å². The van der Waals surface area contributed by atoms with Crippen molar-refractivity contribution in [3.63, 3.8) is 0 Å². The molecule has 0 fully saturated rings. The molecule has 0 bridgehead atoms. The molecule has 37 heavy (non-hydrogen) atoms. The van der Waals surface area contributed by atoms with Crippen molar-refractivity contribution < 1.29 is 4.84 Å². The predicted molar refractivity (Wildman–Crippen MR) is 161 cm³/mol. The second-order valence-electron chi connectivity index (χ2n) is 11.0. The molecule has 2 aromatic rings. The summed E-state index contributed by atoms with van der Waals surface area (Å²) in [5.41, 5.74) is 12.5. The largest absolute Gasteiger partial charge is 0.399 e. The summed E-state index contributed by atoms with van der Waals surface area (Å²) in [6, 6.07) is 7.84. The molecule has 0 heterocycles. The molecule has 7 heteroatoms. The van der Waals surface area contributed by atoms with Crippen molar-refractivity contribution in [3.8, 4) is 0 Å². The zero-order valence-electron chi connectivity index (χ0n) is 24.2. The van der Waals surface area contributed by atoms with Gasteiger partial charge in [-0.05, 0) is 66.7 Å². The van der Waals surface area contributed by atoms with Crippen molar-refractivity contribution in [2.24, 2.45) is 5.34 Å². The number of nitrogen functional groups attached to an aromatic ring is 1. The Bertz CT molecular complexity index is 1040. The summed E-state index contributed by atoms with van der Waals surface area (Å²) in [6.07, 6.45) is 0. The number of benzene rings is 2. The number of hydrogen-bond donors (Lipinski definition) is 1. The molecule has 202 valence electrons. The minimum absolute atomic E-state index is 0.299. The Labute approximate surface area is 232 Å². The van der Waals surface area contributed by atoms with E-state index in [1.807, 2.05) is 24.3 Å². The van der Waals surface area contributed by atoms with Gasteiger partial charge in [-0.15, -0.1) is 4.91 Å². The average Bonchev–Trinajstić information content (AvgIpc) is 2.77. The first-order valence-electron chi connectivity index (χ1n) is 12.5. The van der Waals surface area contributed by atoms with E-state index in [1.165, 1.54) is 5.56 Å². The van der Waals surface area contributed by atoms with Gasteiger partial charge in [-0.1, -0.05) is 95.6 Å². The molecule has 0 aliphatic carbocycles. The summed E-state index contributed by atoms with van der Waals surface area (Å²) in [5.74, 6) is 1.56. The Morgan fingerprint density at radius 3 is 1.49 bits per heavy atom. The van der Waals surface area contributed by atoms with Crippen molar-refractivity contribution in [2.45, 2.75) is 105 Å². The molecule has 0 spiro atoms. The van der Waals surface area contributed by atoms with Crippen LogP contribution in [-0.4, -0.2) is 5.60 Å². The summed E-state index contributed by atoms with van der Waals surface area (Å²) in [6.45, 7) is 36.5. The van der Waals surface area contributed by atoms with E-state index < -0.39 is 5.60 Å². The van der Waals surface area contributed by atoms with Gasteiger partial charge >= 0.3 is 0 Å². The molecule has 0 saturated heterocycles. The van der Waals surface area contributed by atoms with E-state index in [0.717, 1.165) is 32.5 Å². The maximum Gasteiger partial charge on any atom is 0.192 e. The summed E-state index contributed by atoms with van der Waals surface area (Å²) >= 11 is 3.63. The fourth-order valence-electron chi connectivity index (χ4n) is 3.65. The monoisotopic (exact) mass is 570 g/mol. The van der Waals surface area contributed by atoms with E-state index >= 15 is 0 Å². The highest BCUT2D eigenvalue weighted by atomic mass is 79.9. The molecule has 0 aromatic heterocycles. The van der Waals surface area contributed by atoms with Crippen molar-refractivity contribution in [1.29, 1.82) is 0 Å². The number of nitrogens with two attached hydrogens (primary N) is 1. The third-order valence-electron chi connectivity index (χ3n) is 5.44. The van der Waals surface area contributed by atoms with E-state index in [0.29, 0.717) is 29.4 Å². The van der Waals surface area contributed by atoms with E-state index in [2.05, 4.69) is 91.2 Å². The lowest BCUT2D eigenvalue weighted by molar-refractivity contribution is -0.00229. The summed E-state index contributed by atoms with van der Waals surface area (Å²) in [5, 5.41) is 2.26. The smallest absolute Gasteiger partial charge is 0.192 e. The molecule has 2 N–H and O–H groups in total. The van der Waals surface area contributed by atoms with Gasteiger partial charge in [0.25, 0.3) is 0 Å². The lowest BCUT2D eigenvalue weighted by Gasteiger charge is -2.17. The van der Waals surface area contributed by atoms with Crippen LogP contribution in [0.4, 0.5) is 17.1 Å². The maximum atomic E-state index is 9.35. The van der Waals surface area contributed by atoms with Gasteiger partial charge in [0.15, 0.2) is 16.7 Å². The summed E-state index contributed by atoms with van der Waals surface area (Å²) in [4.78, 5) is 20.7. The van der Waals surface area contributed by atoms with E-state index in [1.54, 1.807) is 20.8 Å². The van der Waals surface area contributed by atoms with Gasteiger partial charge in [0, 0.05) is 10.2 Å². The van der Waals surface area contributed by atoms with Gasteiger partial charge in [0.2, 0.25) is 0 Å². The van der Waals surface area contributed by atoms with E-state index in [-0.39, 0.29) is 0 Å². The molecule has 0 unspecified atom stereocenters. The normalized spacial score (nSPS) is 10.8. The molecule has 0 aliphatic rings. The number of halogens is 1. The standard InChI is InChI=1S/C13H16BrN.C13H18N2.C4H9NO2/c2*1-8(2)10-6-7-11(15-5)12(9(3)4)13(10)14;1-4(2,3)7-5-6/h6-9H,1-4H3;6-9H,14H2,1-4H3;1-3H3. The molecule has 2 rings (SSSR count). The van der Waals surface area contributed by atoms with Crippen molar-refractivity contribution in [3.05, 3.63) is 78.7 Å². The van der Waals surface area contributed by atoms with Crippen LogP contribution in [-0.2, 0) is 4.84 Å². The van der Waals surface area contributed by atoms with Gasteiger partial charge < -0.3 is 10.6 Å².